The van der Waals surface area contributed by atoms with E-state index in [0.29, 0.717) is 16.3 Å². The highest BCUT2D eigenvalue weighted by Gasteiger charge is 2.46. The number of nitrogens with zero attached hydrogens (tertiary/aromatic N) is 8. The normalized spacial score (nSPS) is 14.5. The topological polar surface area (TPSA) is 381 Å². The van der Waals surface area contributed by atoms with Gasteiger partial charge in [-0.1, -0.05) is 17.2 Å². The lowest BCUT2D eigenvalue weighted by atomic mass is 10.1. The minimum absolute atomic E-state index is 0.0974. The lowest BCUT2D eigenvalue weighted by molar-refractivity contribution is -0.432. The Bertz CT molecular complexity index is 3350. The average Bonchev–Trinajstić information content (AvgIpc) is 4.08. The standard InChI is InChI=1S/C36H32N10O16S5/c47-61-62-63-26-12-9-23(10-13-26)42-44-24-11-14-29(30(18-24)60-15-2-16-64(48,49)50)38-35-39-34(40-36(41-35)46-20-33(46)67(57,58)59)37-21-5-7-22(8-6-21)43-45-25-17-28-27(32(19-25)66(54,55)56)3-1-4-31(28)65(51,52)53/h1,3-14,17-19,33,47H,2,15-16,20H2,(H,48,49,50)(H,51,52,53)(H,54,55,56)(H,57,58,59)(H2,37,38,39,40,41). The molecule has 0 bridgehead atoms. The molecular weight excluding hydrogens is 989 g/mol. The van der Waals surface area contributed by atoms with Crippen LogP contribution in [0.15, 0.2) is 132 Å². The van der Waals surface area contributed by atoms with Gasteiger partial charge in [0.1, 0.15) is 15.5 Å². The van der Waals surface area contributed by atoms with Crippen molar-refractivity contribution in [1.82, 2.24) is 15.0 Å². The third kappa shape index (κ3) is 13.2. The number of hydrogen-bond donors (Lipinski definition) is 7. The van der Waals surface area contributed by atoms with Gasteiger partial charge in [0, 0.05) is 27.4 Å². The van der Waals surface area contributed by atoms with Gasteiger partial charge >= 0.3 is 0 Å². The Labute approximate surface area is 383 Å². The highest BCUT2D eigenvalue weighted by atomic mass is 32.2. The van der Waals surface area contributed by atoms with Crippen molar-refractivity contribution in [1.29, 1.82) is 0 Å². The second-order valence-corrected chi connectivity index (χ2v) is 20.4. The fourth-order valence-electron chi connectivity index (χ4n) is 5.93. The maximum Gasteiger partial charge on any atom is 0.295 e. The molecular formula is C36H32N10O16S5. The molecule has 0 amide bonds. The largest absolute Gasteiger partial charge is 0.491 e. The van der Waals surface area contributed by atoms with Crippen molar-refractivity contribution < 1.29 is 71.2 Å². The molecule has 1 aromatic heterocycles. The molecule has 0 aliphatic carbocycles. The number of azo groups is 2. The number of aromatic nitrogens is 3. The van der Waals surface area contributed by atoms with Crippen LogP contribution >= 0.6 is 12.0 Å². The number of fused-ring (bicyclic) bond motifs is 1. The third-order valence-electron chi connectivity index (χ3n) is 8.95. The summed E-state index contributed by atoms with van der Waals surface area (Å²) in [6.45, 7) is -0.346. The van der Waals surface area contributed by atoms with Crippen LogP contribution in [0.3, 0.4) is 0 Å². The smallest absolute Gasteiger partial charge is 0.295 e. The van der Waals surface area contributed by atoms with Crippen LogP contribution in [0.5, 0.6) is 5.75 Å². The molecule has 7 N–H and O–H groups in total. The van der Waals surface area contributed by atoms with Gasteiger partial charge < -0.3 is 20.3 Å². The van der Waals surface area contributed by atoms with Gasteiger partial charge in [-0.15, -0.1) is 4.33 Å². The molecule has 352 valence electrons. The maximum absolute atomic E-state index is 12.2. The highest BCUT2D eigenvalue weighted by Crippen LogP contribution is 2.36. The SMILES string of the molecule is O=S(=O)(O)CCCOc1cc(N=Nc2ccc(SOOO)cc2)ccc1Nc1nc(Nc2ccc(N=Nc3cc(S(=O)(=O)O)c4cccc(S(=O)(=O)O)c4c3)cc2)nc(N2CC2S(=O)(=O)O)n1. The Kier molecular flexibility index (Phi) is 14.4. The second kappa shape index (κ2) is 19.9. The molecule has 1 unspecified atom stereocenters. The van der Waals surface area contributed by atoms with Crippen LogP contribution in [0, 0.1) is 0 Å². The minimum Gasteiger partial charge on any atom is -0.491 e. The molecule has 1 aliphatic heterocycles. The third-order valence-corrected chi connectivity index (χ3v) is 13.2. The van der Waals surface area contributed by atoms with Crippen LogP contribution in [0.1, 0.15) is 6.42 Å². The molecule has 1 atom stereocenters. The Morgan fingerprint density at radius 2 is 1.28 bits per heavy atom. The van der Waals surface area contributed by atoms with Gasteiger partial charge in [0.25, 0.3) is 40.5 Å². The molecule has 6 aromatic rings. The van der Waals surface area contributed by atoms with Crippen molar-refractivity contribution in [3.63, 3.8) is 0 Å². The van der Waals surface area contributed by atoms with Crippen molar-refractivity contribution in [3.05, 3.63) is 97.1 Å². The van der Waals surface area contributed by atoms with Crippen molar-refractivity contribution in [2.24, 2.45) is 20.5 Å². The van der Waals surface area contributed by atoms with Crippen LogP contribution in [0.25, 0.3) is 10.8 Å². The van der Waals surface area contributed by atoms with E-state index < -0.39 is 61.4 Å². The monoisotopic (exact) mass is 1020 g/mol. The molecule has 1 fully saturated rings. The van der Waals surface area contributed by atoms with Gasteiger partial charge in [-0.3, -0.25) is 18.2 Å². The molecule has 1 saturated heterocycles. The highest BCUT2D eigenvalue weighted by molar-refractivity contribution is 7.94. The number of ether oxygens (including phenoxy) is 1. The average molecular weight is 1020 g/mol. The van der Waals surface area contributed by atoms with Gasteiger partial charge in [0.2, 0.25) is 17.8 Å². The fraction of sp³-hybridized carbons (Fsp3) is 0.139. The van der Waals surface area contributed by atoms with E-state index in [0.717, 1.165) is 30.2 Å². The second-order valence-electron chi connectivity index (χ2n) is 13.7. The van der Waals surface area contributed by atoms with Crippen molar-refractivity contribution >= 4 is 115 Å². The van der Waals surface area contributed by atoms with Gasteiger partial charge in [0.05, 0.1) is 59.4 Å². The Hall–Kier alpha value is -6.36. The number of anilines is 5. The van der Waals surface area contributed by atoms with Gasteiger partial charge in [-0.05, 0) is 85.3 Å². The molecule has 2 heterocycles. The molecule has 7 rings (SSSR count). The molecule has 26 nitrogen and oxygen atoms in total. The van der Waals surface area contributed by atoms with Gasteiger partial charge in [0.15, 0.2) is 5.37 Å². The molecule has 67 heavy (non-hydrogen) atoms. The first kappa shape index (κ1) is 48.6. The predicted octanol–water partition coefficient (Wildman–Crippen LogP) is 6.96. The summed E-state index contributed by atoms with van der Waals surface area (Å²) in [5.74, 6) is -0.970. The van der Waals surface area contributed by atoms with Crippen LogP contribution < -0.4 is 20.3 Å². The zero-order chi connectivity index (χ0) is 48.1. The van der Waals surface area contributed by atoms with Gasteiger partial charge in [-0.25, -0.2) is 5.26 Å². The summed E-state index contributed by atoms with van der Waals surface area (Å²) < 4.78 is 144. The van der Waals surface area contributed by atoms with E-state index in [4.69, 9.17) is 9.99 Å². The minimum atomic E-state index is -4.90. The summed E-state index contributed by atoms with van der Waals surface area (Å²) in [4.78, 5) is 13.5. The molecule has 31 heteroatoms. The Balaban J connectivity index is 1.15. The van der Waals surface area contributed by atoms with E-state index in [1.165, 1.54) is 59.5 Å². The summed E-state index contributed by atoms with van der Waals surface area (Å²) >= 11 is 0.747. The van der Waals surface area contributed by atoms with E-state index in [9.17, 15) is 51.9 Å². The summed E-state index contributed by atoms with van der Waals surface area (Å²) in [5.41, 5.74) is 1.26. The summed E-state index contributed by atoms with van der Waals surface area (Å²) in [7, 11) is -18.6. The molecule has 0 spiro atoms. The first-order valence-corrected chi connectivity index (χ1v) is 25.3. The number of rotatable bonds is 20. The van der Waals surface area contributed by atoms with Crippen molar-refractivity contribution in [3.8, 4) is 5.75 Å². The zero-order valence-electron chi connectivity index (χ0n) is 33.5. The van der Waals surface area contributed by atoms with E-state index in [1.807, 2.05) is 0 Å². The zero-order valence-corrected chi connectivity index (χ0v) is 37.6. The van der Waals surface area contributed by atoms with Crippen LogP contribution in [0.4, 0.5) is 52.0 Å². The van der Waals surface area contributed by atoms with Crippen LogP contribution in [0.2, 0.25) is 0 Å². The number of nitrogens with one attached hydrogen (secondary N) is 2. The molecule has 1 aliphatic rings. The fourth-order valence-corrected chi connectivity index (χ4v) is 8.96. The first-order valence-electron chi connectivity index (χ1n) is 18.6. The number of benzene rings is 5. The van der Waals surface area contributed by atoms with E-state index in [2.05, 4.69) is 55.4 Å². The van der Waals surface area contributed by atoms with E-state index in [1.54, 1.807) is 24.3 Å². The first-order chi connectivity index (χ1) is 31.6. The quantitative estimate of drug-likeness (QED) is 0.00772. The molecule has 5 aromatic carbocycles. The van der Waals surface area contributed by atoms with Gasteiger partial charge in [-0.2, -0.15) is 69.1 Å². The predicted molar refractivity (Wildman–Crippen MR) is 238 cm³/mol. The van der Waals surface area contributed by atoms with Crippen LogP contribution in [-0.2, 0) is 49.8 Å². The summed E-state index contributed by atoms with van der Waals surface area (Å²) in [6.07, 6.45) is -0.105. The summed E-state index contributed by atoms with van der Waals surface area (Å²) in [5, 5.41) is 32.5. The molecule has 0 radical (unpaired) electrons. The number of hydrogen-bond acceptors (Lipinski definition) is 23. The lowest BCUT2D eigenvalue weighted by Gasteiger charge is -2.15. The Morgan fingerprint density at radius 1 is 0.672 bits per heavy atom. The lowest BCUT2D eigenvalue weighted by Crippen LogP contribution is -2.15. The van der Waals surface area contributed by atoms with E-state index in [-0.39, 0.29) is 76.7 Å². The van der Waals surface area contributed by atoms with E-state index >= 15 is 0 Å². The van der Waals surface area contributed by atoms with Crippen molar-refractivity contribution in [2.45, 2.75) is 26.5 Å². The maximum atomic E-state index is 12.2. The van der Waals surface area contributed by atoms with Crippen molar-refractivity contribution in [2.75, 3.05) is 34.4 Å². The summed E-state index contributed by atoms with van der Waals surface area (Å²) in [6, 6.07) is 22.5. The Morgan fingerprint density at radius 3 is 1.90 bits per heavy atom. The molecule has 0 saturated carbocycles. The van der Waals surface area contributed by atoms with Crippen LogP contribution in [-0.4, -0.2) is 96.4 Å².